The molecule has 0 bridgehead atoms. The molecule has 2 fully saturated rings. The van der Waals surface area contributed by atoms with Crippen LogP contribution in [-0.4, -0.2) is 17.5 Å². The highest BCUT2D eigenvalue weighted by atomic mass is 16.2. The fourth-order valence-corrected chi connectivity index (χ4v) is 4.59. The van der Waals surface area contributed by atoms with Crippen LogP contribution >= 0.6 is 0 Å². The Morgan fingerprint density at radius 3 is 1.66 bits per heavy atom. The molecule has 0 radical (unpaired) electrons. The van der Waals surface area contributed by atoms with E-state index in [2.05, 4.69) is 11.8 Å². The van der Waals surface area contributed by atoms with Crippen LogP contribution in [0.15, 0.2) is 48.5 Å². The van der Waals surface area contributed by atoms with Gasteiger partial charge in [0, 0.05) is 37.1 Å². The highest BCUT2D eigenvalue weighted by Crippen LogP contribution is 2.47. The van der Waals surface area contributed by atoms with Gasteiger partial charge in [-0.1, -0.05) is 24.3 Å². The molecule has 0 unspecified atom stereocenters. The number of hydrogen-bond donors (Lipinski definition) is 0. The van der Waals surface area contributed by atoms with E-state index in [4.69, 9.17) is 12.8 Å². The van der Waals surface area contributed by atoms with Gasteiger partial charge in [0.25, 0.3) is 0 Å². The van der Waals surface area contributed by atoms with E-state index in [1.807, 2.05) is 58.3 Å². The first kappa shape index (κ1) is 18.8. The molecule has 2 saturated heterocycles. The van der Waals surface area contributed by atoms with Crippen molar-refractivity contribution in [2.45, 2.75) is 44.2 Å². The van der Waals surface area contributed by atoms with Crippen molar-refractivity contribution >= 4 is 23.2 Å². The summed E-state index contributed by atoms with van der Waals surface area (Å²) in [5, 5.41) is 0. The summed E-state index contributed by atoms with van der Waals surface area (Å²) >= 11 is 0. The first-order chi connectivity index (χ1) is 14.1. The molecular formula is C25H22N2O2. The van der Waals surface area contributed by atoms with Crippen molar-refractivity contribution in [3.8, 4) is 24.7 Å². The third kappa shape index (κ3) is 3.18. The molecule has 0 atom stereocenters. The molecule has 2 amide bonds. The van der Waals surface area contributed by atoms with E-state index in [-0.39, 0.29) is 11.8 Å². The summed E-state index contributed by atoms with van der Waals surface area (Å²) in [6.45, 7) is 0. The Kier molecular flexibility index (Phi) is 4.87. The van der Waals surface area contributed by atoms with Crippen molar-refractivity contribution in [1.29, 1.82) is 0 Å². The van der Waals surface area contributed by atoms with Gasteiger partial charge in [-0.15, -0.1) is 24.7 Å². The van der Waals surface area contributed by atoms with Crippen LogP contribution in [0.2, 0.25) is 0 Å². The smallest absolute Gasteiger partial charge is 0.229 e. The fraction of sp³-hybridized carbons (Fsp3) is 0.280. The number of nitrogens with zero attached hydrogens (tertiary/aromatic N) is 2. The number of carbonyl (C=O) groups is 2. The van der Waals surface area contributed by atoms with Gasteiger partial charge in [-0.25, -0.2) is 0 Å². The number of hydrogen-bond acceptors (Lipinski definition) is 2. The summed E-state index contributed by atoms with van der Waals surface area (Å²) in [6, 6.07) is 15.5. The maximum absolute atomic E-state index is 13.0. The number of rotatable bonds is 4. The van der Waals surface area contributed by atoms with Crippen molar-refractivity contribution in [3.63, 3.8) is 0 Å². The topological polar surface area (TPSA) is 40.6 Å². The van der Waals surface area contributed by atoms with Gasteiger partial charge < -0.3 is 0 Å². The van der Waals surface area contributed by atoms with Gasteiger partial charge in [0.05, 0.1) is 0 Å². The lowest BCUT2D eigenvalue weighted by molar-refractivity contribution is -0.117. The zero-order valence-electron chi connectivity index (χ0n) is 16.2. The van der Waals surface area contributed by atoms with E-state index in [1.165, 1.54) is 0 Å². The average molecular weight is 382 g/mol. The Balaban J connectivity index is 1.80. The van der Waals surface area contributed by atoms with Crippen molar-refractivity contribution < 1.29 is 9.59 Å². The Labute approximate surface area is 171 Å². The van der Waals surface area contributed by atoms with E-state index >= 15 is 0 Å². The standard InChI is InChI=1S/C25H22N2O2/c1-3-7-19-9-5-11-21(17-19)26-23(28)13-15-25(26)16-14-24(29)27(25)22-12-6-10-20(18-22)8-4-2/h1-2,5-6,9-12,17-18H,7-8,13-16H2. The molecule has 144 valence electrons. The lowest BCUT2D eigenvalue weighted by Gasteiger charge is -2.42. The minimum absolute atomic E-state index is 0.0299. The van der Waals surface area contributed by atoms with Gasteiger partial charge in [-0.05, 0) is 48.2 Å². The molecular weight excluding hydrogens is 360 g/mol. The van der Waals surface area contributed by atoms with Crippen LogP contribution in [0.3, 0.4) is 0 Å². The SMILES string of the molecule is C#CCc1cccc(N2C(=O)CCC23CCC(=O)N3c2cccc(CC#C)c2)c1. The largest absolute Gasteiger partial charge is 0.288 e. The molecule has 4 heteroatoms. The number of carbonyl (C=O) groups excluding carboxylic acids is 2. The maximum atomic E-state index is 13.0. The molecule has 0 aliphatic carbocycles. The third-order valence-corrected chi connectivity index (χ3v) is 5.76. The van der Waals surface area contributed by atoms with E-state index < -0.39 is 5.66 Å². The summed E-state index contributed by atoms with van der Waals surface area (Å²) in [5.41, 5.74) is 2.86. The van der Waals surface area contributed by atoms with Gasteiger partial charge in [0.1, 0.15) is 5.66 Å². The molecule has 0 aromatic heterocycles. The first-order valence-electron chi connectivity index (χ1n) is 9.80. The number of benzene rings is 2. The second kappa shape index (κ2) is 7.49. The highest BCUT2D eigenvalue weighted by molar-refractivity contribution is 6.05. The van der Waals surface area contributed by atoms with Crippen LogP contribution < -0.4 is 9.80 Å². The number of amides is 2. The second-order valence-corrected chi connectivity index (χ2v) is 7.54. The van der Waals surface area contributed by atoms with E-state index in [9.17, 15) is 9.59 Å². The fourth-order valence-electron chi connectivity index (χ4n) is 4.59. The Morgan fingerprint density at radius 1 is 0.793 bits per heavy atom. The summed E-state index contributed by atoms with van der Waals surface area (Å²) in [7, 11) is 0. The van der Waals surface area contributed by atoms with E-state index in [0.717, 1.165) is 22.5 Å². The first-order valence-corrected chi connectivity index (χ1v) is 9.80. The lowest BCUT2D eigenvalue weighted by Crippen LogP contribution is -2.56. The lowest BCUT2D eigenvalue weighted by atomic mass is 10.0. The van der Waals surface area contributed by atoms with E-state index in [1.54, 1.807) is 0 Å². The molecule has 29 heavy (non-hydrogen) atoms. The summed E-state index contributed by atoms with van der Waals surface area (Å²) in [4.78, 5) is 29.6. The normalized spacial score (nSPS) is 17.6. The van der Waals surface area contributed by atoms with Crippen LogP contribution in [0, 0.1) is 24.7 Å². The van der Waals surface area contributed by atoms with Crippen LogP contribution in [-0.2, 0) is 22.4 Å². The summed E-state index contributed by atoms with van der Waals surface area (Å²) in [6.07, 6.45) is 14.0. The Morgan fingerprint density at radius 2 is 1.24 bits per heavy atom. The monoisotopic (exact) mass is 382 g/mol. The maximum Gasteiger partial charge on any atom is 0.229 e. The second-order valence-electron chi connectivity index (χ2n) is 7.54. The minimum Gasteiger partial charge on any atom is -0.288 e. The minimum atomic E-state index is -0.683. The van der Waals surface area contributed by atoms with E-state index in [0.29, 0.717) is 38.5 Å². The van der Waals surface area contributed by atoms with Crippen LogP contribution in [0.4, 0.5) is 11.4 Å². The van der Waals surface area contributed by atoms with Gasteiger partial charge in [0.2, 0.25) is 11.8 Å². The Hall–Kier alpha value is -3.50. The molecule has 2 aliphatic rings. The van der Waals surface area contributed by atoms with Crippen molar-refractivity contribution in [2.75, 3.05) is 9.80 Å². The molecule has 2 aromatic carbocycles. The molecule has 2 aliphatic heterocycles. The predicted molar refractivity (Wildman–Crippen MR) is 114 cm³/mol. The van der Waals surface area contributed by atoms with Gasteiger partial charge in [-0.3, -0.25) is 19.4 Å². The van der Waals surface area contributed by atoms with Crippen LogP contribution in [0.25, 0.3) is 0 Å². The van der Waals surface area contributed by atoms with Crippen molar-refractivity contribution in [2.24, 2.45) is 0 Å². The van der Waals surface area contributed by atoms with Crippen LogP contribution in [0.5, 0.6) is 0 Å². The molecule has 2 heterocycles. The van der Waals surface area contributed by atoms with Gasteiger partial charge in [-0.2, -0.15) is 0 Å². The molecule has 0 N–H and O–H groups in total. The molecule has 1 spiro atoms. The summed E-state index contributed by atoms with van der Waals surface area (Å²) in [5.74, 6) is 5.36. The highest BCUT2D eigenvalue weighted by Gasteiger charge is 2.56. The molecule has 0 saturated carbocycles. The van der Waals surface area contributed by atoms with Crippen molar-refractivity contribution in [3.05, 3.63) is 59.7 Å². The van der Waals surface area contributed by atoms with Gasteiger partial charge in [0.15, 0.2) is 0 Å². The quantitative estimate of drug-likeness (QED) is 0.757. The van der Waals surface area contributed by atoms with Crippen molar-refractivity contribution in [1.82, 2.24) is 0 Å². The summed E-state index contributed by atoms with van der Waals surface area (Å²) < 4.78 is 0. The number of terminal acetylenes is 2. The molecule has 4 rings (SSSR count). The zero-order chi connectivity index (χ0) is 20.4. The predicted octanol–water partition coefficient (Wildman–Crippen LogP) is 3.69. The number of anilines is 2. The van der Waals surface area contributed by atoms with Crippen LogP contribution in [0.1, 0.15) is 36.8 Å². The molecule has 2 aromatic rings. The average Bonchev–Trinajstić information content (AvgIpc) is 3.22. The molecule has 4 nitrogen and oxygen atoms in total. The zero-order valence-corrected chi connectivity index (χ0v) is 16.2. The Bertz CT molecular complexity index is 971. The van der Waals surface area contributed by atoms with Gasteiger partial charge >= 0.3 is 0 Å². The third-order valence-electron chi connectivity index (χ3n) is 5.76.